The molecule has 1 fully saturated rings. The van der Waals surface area contributed by atoms with Gasteiger partial charge in [-0.15, -0.1) is 0 Å². The third-order valence-electron chi connectivity index (χ3n) is 5.95. The highest BCUT2D eigenvalue weighted by molar-refractivity contribution is 5.93. The van der Waals surface area contributed by atoms with Gasteiger partial charge in [-0.3, -0.25) is 19.8 Å². The number of rotatable bonds is 5. The van der Waals surface area contributed by atoms with Crippen molar-refractivity contribution in [1.29, 1.82) is 0 Å². The van der Waals surface area contributed by atoms with Gasteiger partial charge >= 0.3 is 0 Å². The topological polar surface area (TPSA) is 73.9 Å². The van der Waals surface area contributed by atoms with E-state index in [1.54, 1.807) is 6.20 Å². The number of amides is 1. The van der Waals surface area contributed by atoms with Crippen LogP contribution in [0.15, 0.2) is 73.1 Å². The van der Waals surface area contributed by atoms with Crippen LogP contribution in [0.1, 0.15) is 18.4 Å². The molecule has 31 heavy (non-hydrogen) atoms. The summed E-state index contributed by atoms with van der Waals surface area (Å²) in [6.45, 7) is 2.59. The number of hydrogen-bond donors (Lipinski definition) is 2. The number of benzene rings is 2. The number of nitrogens with one attached hydrogen (secondary N) is 2. The zero-order valence-electron chi connectivity index (χ0n) is 17.3. The van der Waals surface area contributed by atoms with Gasteiger partial charge in [0, 0.05) is 36.6 Å². The lowest BCUT2D eigenvalue weighted by Gasteiger charge is -2.32. The van der Waals surface area contributed by atoms with Crippen molar-refractivity contribution in [2.24, 2.45) is 5.92 Å². The molecule has 1 atom stereocenters. The molecular formula is C25H25N5O. The van der Waals surface area contributed by atoms with Gasteiger partial charge in [-0.2, -0.15) is 5.10 Å². The second-order valence-corrected chi connectivity index (χ2v) is 8.10. The normalized spacial score (nSPS) is 17.0. The molecule has 6 heteroatoms. The molecule has 3 heterocycles. The fourth-order valence-corrected chi connectivity index (χ4v) is 4.34. The van der Waals surface area contributed by atoms with Crippen molar-refractivity contribution in [3.8, 4) is 11.3 Å². The first kappa shape index (κ1) is 19.5. The molecule has 2 N–H and O–H groups in total. The predicted molar refractivity (Wildman–Crippen MR) is 122 cm³/mol. The number of likely N-dealkylation sites (tertiary alicyclic amines) is 1. The number of para-hydroxylation sites is 1. The van der Waals surface area contributed by atoms with E-state index in [1.165, 1.54) is 5.56 Å². The first-order valence-electron chi connectivity index (χ1n) is 10.7. The van der Waals surface area contributed by atoms with Crippen molar-refractivity contribution >= 4 is 22.5 Å². The van der Waals surface area contributed by atoms with E-state index in [-0.39, 0.29) is 11.8 Å². The zero-order valence-corrected chi connectivity index (χ0v) is 17.3. The Balaban J connectivity index is 1.23. The minimum atomic E-state index is -0.0102. The molecule has 0 aliphatic carbocycles. The Labute approximate surface area is 181 Å². The maximum atomic E-state index is 12.9. The van der Waals surface area contributed by atoms with Crippen molar-refractivity contribution in [2.75, 3.05) is 18.4 Å². The Hall–Kier alpha value is -3.51. The first-order valence-corrected chi connectivity index (χ1v) is 10.7. The number of hydrogen-bond acceptors (Lipinski definition) is 4. The molecule has 2 aromatic carbocycles. The molecule has 4 aromatic rings. The quantitative estimate of drug-likeness (QED) is 0.508. The number of nitrogens with zero attached hydrogens (tertiary/aromatic N) is 3. The molecule has 6 nitrogen and oxygen atoms in total. The Morgan fingerprint density at radius 1 is 1.06 bits per heavy atom. The van der Waals surface area contributed by atoms with Gasteiger partial charge in [-0.25, -0.2) is 0 Å². The Kier molecular flexibility index (Phi) is 5.46. The molecule has 1 unspecified atom stereocenters. The van der Waals surface area contributed by atoms with Crippen LogP contribution >= 0.6 is 0 Å². The number of fused-ring (bicyclic) bond motifs is 1. The van der Waals surface area contributed by atoms with Gasteiger partial charge in [0.25, 0.3) is 0 Å². The molecule has 1 saturated heterocycles. The molecular weight excluding hydrogens is 386 g/mol. The number of anilines is 1. The number of H-pyrrole nitrogens is 1. The van der Waals surface area contributed by atoms with E-state index in [4.69, 9.17) is 0 Å². The molecule has 2 aromatic heterocycles. The molecule has 1 amide bonds. The van der Waals surface area contributed by atoms with Gasteiger partial charge in [0.1, 0.15) is 0 Å². The third-order valence-corrected chi connectivity index (χ3v) is 5.95. The average Bonchev–Trinajstić information content (AvgIpc) is 3.35. The summed E-state index contributed by atoms with van der Waals surface area (Å²) in [4.78, 5) is 19.9. The van der Waals surface area contributed by atoms with E-state index in [2.05, 4.69) is 49.7 Å². The van der Waals surface area contributed by atoms with Crippen LogP contribution in [0.5, 0.6) is 0 Å². The van der Waals surface area contributed by atoms with Crippen LogP contribution in [0.4, 0.5) is 5.69 Å². The number of carbonyl (C=O) groups excluding carboxylic acids is 1. The highest BCUT2D eigenvalue weighted by Gasteiger charge is 2.26. The number of pyridine rings is 1. The molecule has 1 aliphatic heterocycles. The number of aromatic nitrogens is 3. The number of piperidine rings is 1. The standard InChI is InChI=1S/C25H25N5O/c31-25(28-22-10-8-18(9-11-22)23-12-14-27-29-23)21-7-3-15-30(17-21)16-20-5-1-4-19-6-2-13-26-24(19)20/h1-2,4-6,8-14,21H,3,7,15-17H2,(H,27,29)(H,28,31). The van der Waals surface area contributed by atoms with Crippen LogP contribution in [0.3, 0.4) is 0 Å². The van der Waals surface area contributed by atoms with E-state index in [0.717, 1.165) is 60.3 Å². The van der Waals surface area contributed by atoms with Crippen LogP contribution in [-0.2, 0) is 11.3 Å². The summed E-state index contributed by atoms with van der Waals surface area (Å²) in [5.41, 5.74) is 5.10. The van der Waals surface area contributed by atoms with Crippen LogP contribution in [-0.4, -0.2) is 39.1 Å². The summed E-state index contributed by atoms with van der Waals surface area (Å²) in [5.74, 6) is 0.0824. The maximum Gasteiger partial charge on any atom is 0.228 e. The highest BCUT2D eigenvalue weighted by Crippen LogP contribution is 2.24. The van der Waals surface area contributed by atoms with Crippen LogP contribution in [0.2, 0.25) is 0 Å². The third kappa shape index (κ3) is 4.34. The predicted octanol–water partition coefficient (Wildman–Crippen LogP) is 4.48. The fraction of sp³-hybridized carbons (Fsp3) is 0.240. The Bertz CT molecular complexity index is 1160. The van der Waals surface area contributed by atoms with Crippen LogP contribution in [0.25, 0.3) is 22.2 Å². The van der Waals surface area contributed by atoms with Gasteiger partial charge in [-0.1, -0.05) is 36.4 Å². The first-order chi connectivity index (χ1) is 15.3. The van der Waals surface area contributed by atoms with Crippen LogP contribution in [0, 0.1) is 5.92 Å². The molecule has 156 valence electrons. The lowest BCUT2D eigenvalue weighted by molar-refractivity contribution is -0.121. The summed E-state index contributed by atoms with van der Waals surface area (Å²) in [6.07, 6.45) is 5.52. The fourth-order valence-electron chi connectivity index (χ4n) is 4.34. The minimum absolute atomic E-state index is 0.0102. The number of aromatic amines is 1. The van der Waals surface area contributed by atoms with Crippen molar-refractivity contribution < 1.29 is 4.79 Å². The smallest absolute Gasteiger partial charge is 0.228 e. The van der Waals surface area contributed by atoms with Gasteiger partial charge < -0.3 is 5.32 Å². The van der Waals surface area contributed by atoms with E-state index >= 15 is 0 Å². The summed E-state index contributed by atoms with van der Waals surface area (Å²) in [5, 5.41) is 11.2. The summed E-state index contributed by atoms with van der Waals surface area (Å²) >= 11 is 0. The van der Waals surface area contributed by atoms with Gasteiger partial charge in [0.2, 0.25) is 5.91 Å². The van der Waals surface area contributed by atoms with E-state index < -0.39 is 0 Å². The highest BCUT2D eigenvalue weighted by atomic mass is 16.1. The second-order valence-electron chi connectivity index (χ2n) is 8.10. The summed E-state index contributed by atoms with van der Waals surface area (Å²) < 4.78 is 0. The molecule has 0 spiro atoms. The van der Waals surface area contributed by atoms with Gasteiger partial charge in [-0.05, 0) is 54.8 Å². The Morgan fingerprint density at radius 3 is 2.77 bits per heavy atom. The van der Waals surface area contributed by atoms with E-state index in [1.807, 2.05) is 42.6 Å². The zero-order chi connectivity index (χ0) is 21.0. The second kappa shape index (κ2) is 8.70. The molecule has 0 radical (unpaired) electrons. The lowest BCUT2D eigenvalue weighted by atomic mass is 9.96. The Morgan fingerprint density at radius 2 is 1.94 bits per heavy atom. The molecule has 1 aliphatic rings. The van der Waals surface area contributed by atoms with E-state index in [0.29, 0.717) is 0 Å². The lowest BCUT2D eigenvalue weighted by Crippen LogP contribution is -2.40. The largest absolute Gasteiger partial charge is 0.326 e. The summed E-state index contributed by atoms with van der Waals surface area (Å²) in [6, 6.07) is 20.2. The minimum Gasteiger partial charge on any atom is -0.326 e. The van der Waals surface area contributed by atoms with Crippen molar-refractivity contribution in [2.45, 2.75) is 19.4 Å². The molecule has 5 rings (SSSR count). The molecule has 0 saturated carbocycles. The van der Waals surface area contributed by atoms with Crippen molar-refractivity contribution in [3.05, 3.63) is 78.6 Å². The van der Waals surface area contributed by atoms with Gasteiger partial charge in [0.05, 0.1) is 17.1 Å². The number of carbonyl (C=O) groups is 1. The van der Waals surface area contributed by atoms with Gasteiger partial charge in [0.15, 0.2) is 0 Å². The average molecular weight is 412 g/mol. The maximum absolute atomic E-state index is 12.9. The molecule has 0 bridgehead atoms. The van der Waals surface area contributed by atoms with E-state index in [9.17, 15) is 4.79 Å². The van der Waals surface area contributed by atoms with Crippen molar-refractivity contribution in [3.63, 3.8) is 0 Å². The van der Waals surface area contributed by atoms with Crippen molar-refractivity contribution in [1.82, 2.24) is 20.1 Å². The SMILES string of the molecule is O=C(Nc1ccc(-c2ccn[nH]2)cc1)C1CCCN(Cc2cccc3cccnc23)C1. The monoisotopic (exact) mass is 411 g/mol. The summed E-state index contributed by atoms with van der Waals surface area (Å²) in [7, 11) is 0. The van der Waals surface area contributed by atoms with Crippen LogP contribution < -0.4 is 5.32 Å².